The third kappa shape index (κ3) is 6.07. The molecule has 2 aromatic carbocycles. The predicted octanol–water partition coefficient (Wildman–Crippen LogP) is 3.56. The molecular formula is C21H28N2O4S. The number of carbonyl (C=O) groups excluding carboxylic acids is 1. The van der Waals surface area contributed by atoms with E-state index in [1.807, 2.05) is 45.9 Å². The molecule has 0 heterocycles. The van der Waals surface area contributed by atoms with Crippen molar-refractivity contribution >= 4 is 21.6 Å². The number of sulfonamides is 1. The Balaban J connectivity index is 1.99. The molecule has 0 radical (unpaired) electrons. The van der Waals surface area contributed by atoms with E-state index in [-0.39, 0.29) is 23.3 Å². The first kappa shape index (κ1) is 21.9. The second-order valence-corrected chi connectivity index (χ2v) is 9.08. The summed E-state index contributed by atoms with van der Waals surface area (Å²) < 4.78 is 32.7. The Hall–Kier alpha value is -2.38. The van der Waals surface area contributed by atoms with Gasteiger partial charge in [-0.05, 0) is 73.7 Å². The van der Waals surface area contributed by atoms with Crippen molar-refractivity contribution in [2.45, 2.75) is 39.5 Å². The van der Waals surface area contributed by atoms with Crippen molar-refractivity contribution < 1.29 is 17.9 Å². The molecule has 2 N–H and O–H groups in total. The molecule has 0 spiro atoms. The van der Waals surface area contributed by atoms with Crippen molar-refractivity contribution in [1.29, 1.82) is 0 Å². The van der Waals surface area contributed by atoms with Crippen molar-refractivity contribution in [1.82, 2.24) is 4.72 Å². The van der Waals surface area contributed by atoms with Gasteiger partial charge in [0.1, 0.15) is 5.75 Å². The molecule has 0 unspecified atom stereocenters. The summed E-state index contributed by atoms with van der Waals surface area (Å²) >= 11 is 0. The highest BCUT2D eigenvalue weighted by Gasteiger charge is 2.16. The summed E-state index contributed by atoms with van der Waals surface area (Å²) in [5, 5.41) is 2.79. The van der Waals surface area contributed by atoms with E-state index in [2.05, 4.69) is 10.0 Å². The molecule has 152 valence electrons. The summed E-state index contributed by atoms with van der Waals surface area (Å²) in [4.78, 5) is 12.3. The first-order chi connectivity index (χ1) is 13.1. The lowest BCUT2D eigenvalue weighted by Crippen LogP contribution is -2.27. The molecule has 0 bridgehead atoms. The molecule has 0 aliphatic carbocycles. The van der Waals surface area contributed by atoms with E-state index in [0.29, 0.717) is 23.5 Å². The van der Waals surface area contributed by atoms with Crippen LogP contribution >= 0.6 is 0 Å². The van der Waals surface area contributed by atoms with Crippen LogP contribution in [0.15, 0.2) is 41.3 Å². The lowest BCUT2D eigenvalue weighted by atomic mass is 10.1. The highest BCUT2D eigenvalue weighted by atomic mass is 32.2. The average Bonchev–Trinajstić information content (AvgIpc) is 2.62. The number of ether oxygens (including phenoxy) is 1. The van der Waals surface area contributed by atoms with Gasteiger partial charge in [-0.3, -0.25) is 4.79 Å². The maximum Gasteiger partial charge on any atom is 0.262 e. The first-order valence-corrected chi connectivity index (χ1v) is 10.7. The molecule has 0 saturated carbocycles. The van der Waals surface area contributed by atoms with Gasteiger partial charge in [-0.25, -0.2) is 13.1 Å². The largest absolute Gasteiger partial charge is 0.483 e. The van der Waals surface area contributed by atoms with Gasteiger partial charge in [-0.15, -0.1) is 0 Å². The summed E-state index contributed by atoms with van der Waals surface area (Å²) in [7, 11) is -3.56. The molecule has 7 heteroatoms. The van der Waals surface area contributed by atoms with Crippen LogP contribution in [0.2, 0.25) is 0 Å². The monoisotopic (exact) mass is 404 g/mol. The molecule has 0 fully saturated rings. The lowest BCUT2D eigenvalue weighted by molar-refractivity contribution is -0.118. The Morgan fingerprint density at radius 2 is 1.71 bits per heavy atom. The third-order valence-electron chi connectivity index (χ3n) is 4.29. The van der Waals surface area contributed by atoms with Crippen LogP contribution in [-0.4, -0.2) is 27.5 Å². The third-order valence-corrected chi connectivity index (χ3v) is 5.71. The first-order valence-electron chi connectivity index (χ1n) is 9.18. The molecule has 0 aliphatic heterocycles. The quantitative estimate of drug-likeness (QED) is 0.704. The van der Waals surface area contributed by atoms with Crippen LogP contribution in [-0.2, 0) is 14.8 Å². The number of hydrogen-bond acceptors (Lipinski definition) is 4. The highest BCUT2D eigenvalue weighted by molar-refractivity contribution is 7.89. The number of hydrogen-bond donors (Lipinski definition) is 2. The zero-order valence-electron chi connectivity index (χ0n) is 17.0. The minimum Gasteiger partial charge on any atom is -0.483 e. The van der Waals surface area contributed by atoms with Gasteiger partial charge < -0.3 is 10.1 Å². The fourth-order valence-corrected chi connectivity index (χ4v) is 3.77. The molecule has 0 aliphatic rings. The second-order valence-electron chi connectivity index (χ2n) is 7.31. The zero-order chi connectivity index (χ0) is 20.9. The maximum absolute atomic E-state index is 12.3. The summed E-state index contributed by atoms with van der Waals surface area (Å²) in [6.45, 7) is 9.83. The van der Waals surface area contributed by atoms with E-state index in [0.717, 1.165) is 11.1 Å². The van der Waals surface area contributed by atoms with Gasteiger partial charge in [-0.2, -0.15) is 0 Å². The van der Waals surface area contributed by atoms with Crippen LogP contribution in [0.4, 0.5) is 5.69 Å². The van der Waals surface area contributed by atoms with Gasteiger partial charge in [0.2, 0.25) is 10.0 Å². The standard InChI is InChI=1S/C21H28N2O4S/c1-14(2)12-22-28(25,26)19-8-9-20(17(5)11-19)27-13-21(24)23-18-7-6-15(3)16(4)10-18/h6-11,14,22H,12-13H2,1-5H3,(H,23,24). The molecule has 0 atom stereocenters. The summed E-state index contributed by atoms with van der Waals surface area (Å²) in [6, 6.07) is 10.3. The normalized spacial score (nSPS) is 11.5. The van der Waals surface area contributed by atoms with E-state index in [1.54, 1.807) is 19.1 Å². The fraction of sp³-hybridized carbons (Fsp3) is 0.381. The highest BCUT2D eigenvalue weighted by Crippen LogP contribution is 2.22. The fourth-order valence-electron chi connectivity index (χ4n) is 2.47. The number of aryl methyl sites for hydroxylation is 3. The molecule has 28 heavy (non-hydrogen) atoms. The number of anilines is 1. The van der Waals surface area contributed by atoms with Crippen LogP contribution in [0.25, 0.3) is 0 Å². The van der Waals surface area contributed by atoms with Crippen molar-refractivity contribution in [3.63, 3.8) is 0 Å². The smallest absolute Gasteiger partial charge is 0.262 e. The van der Waals surface area contributed by atoms with E-state index >= 15 is 0 Å². The van der Waals surface area contributed by atoms with E-state index < -0.39 is 10.0 Å². The molecule has 0 aromatic heterocycles. The number of carbonyl (C=O) groups is 1. The minimum absolute atomic E-state index is 0.161. The van der Waals surface area contributed by atoms with Gasteiger partial charge >= 0.3 is 0 Å². The summed E-state index contributed by atoms with van der Waals surface area (Å²) in [5.74, 6) is 0.408. The Kier molecular flexibility index (Phi) is 7.21. The van der Waals surface area contributed by atoms with Crippen molar-refractivity contribution in [3.05, 3.63) is 53.1 Å². The van der Waals surface area contributed by atoms with E-state index in [9.17, 15) is 13.2 Å². The number of rotatable bonds is 8. The zero-order valence-corrected chi connectivity index (χ0v) is 17.8. The Morgan fingerprint density at radius 1 is 1.00 bits per heavy atom. The SMILES string of the molecule is Cc1ccc(NC(=O)COc2ccc(S(=O)(=O)NCC(C)C)cc2C)cc1C. The summed E-state index contributed by atoms with van der Waals surface area (Å²) in [6.07, 6.45) is 0. The maximum atomic E-state index is 12.3. The lowest BCUT2D eigenvalue weighted by Gasteiger charge is -2.13. The van der Waals surface area contributed by atoms with Crippen molar-refractivity contribution in [2.75, 3.05) is 18.5 Å². The predicted molar refractivity (Wildman–Crippen MR) is 111 cm³/mol. The van der Waals surface area contributed by atoms with Gasteiger partial charge in [0.05, 0.1) is 4.90 Å². The molecule has 2 rings (SSSR count). The van der Waals surface area contributed by atoms with Crippen LogP contribution in [0.5, 0.6) is 5.75 Å². The molecule has 2 aromatic rings. The number of nitrogens with one attached hydrogen (secondary N) is 2. The van der Waals surface area contributed by atoms with Crippen LogP contribution in [0, 0.1) is 26.7 Å². The average molecular weight is 405 g/mol. The van der Waals surface area contributed by atoms with Crippen molar-refractivity contribution in [3.8, 4) is 5.75 Å². The minimum atomic E-state index is -3.56. The van der Waals surface area contributed by atoms with Crippen LogP contribution in [0.3, 0.4) is 0 Å². The molecule has 6 nitrogen and oxygen atoms in total. The van der Waals surface area contributed by atoms with Gasteiger partial charge in [0.15, 0.2) is 6.61 Å². The number of amides is 1. The van der Waals surface area contributed by atoms with Crippen LogP contribution in [0.1, 0.15) is 30.5 Å². The van der Waals surface area contributed by atoms with Gasteiger partial charge in [-0.1, -0.05) is 19.9 Å². The van der Waals surface area contributed by atoms with E-state index in [1.165, 1.54) is 6.07 Å². The van der Waals surface area contributed by atoms with Crippen LogP contribution < -0.4 is 14.8 Å². The Labute approximate surface area is 167 Å². The summed E-state index contributed by atoms with van der Waals surface area (Å²) in [5.41, 5.74) is 3.61. The van der Waals surface area contributed by atoms with Gasteiger partial charge in [0, 0.05) is 12.2 Å². The second kappa shape index (κ2) is 9.21. The van der Waals surface area contributed by atoms with E-state index in [4.69, 9.17) is 4.74 Å². The molecular weight excluding hydrogens is 376 g/mol. The number of benzene rings is 2. The topological polar surface area (TPSA) is 84.5 Å². The van der Waals surface area contributed by atoms with Gasteiger partial charge in [0.25, 0.3) is 5.91 Å². The molecule has 1 amide bonds. The molecule has 0 saturated heterocycles. The Bertz CT molecular complexity index is 953. The Morgan fingerprint density at radius 3 is 2.32 bits per heavy atom. The van der Waals surface area contributed by atoms with Crippen molar-refractivity contribution in [2.24, 2.45) is 5.92 Å².